The van der Waals surface area contributed by atoms with Crippen LogP contribution >= 0.6 is 11.8 Å². The SMILES string of the molecule is CC1Sc2ccc(C(=O)NCCCc3nc4ccccc4[nH]3)cc2NC1=O. The fourth-order valence-electron chi connectivity index (χ4n) is 3.03. The molecule has 0 bridgehead atoms. The van der Waals surface area contributed by atoms with E-state index in [2.05, 4.69) is 20.6 Å². The zero-order valence-corrected chi connectivity index (χ0v) is 15.7. The van der Waals surface area contributed by atoms with Crippen LogP contribution in [0.25, 0.3) is 11.0 Å². The van der Waals surface area contributed by atoms with Gasteiger partial charge in [0.2, 0.25) is 5.91 Å². The van der Waals surface area contributed by atoms with Crippen LogP contribution in [-0.4, -0.2) is 33.6 Å². The highest BCUT2D eigenvalue weighted by molar-refractivity contribution is 8.00. The zero-order valence-electron chi connectivity index (χ0n) is 14.9. The van der Waals surface area contributed by atoms with Gasteiger partial charge in [0.15, 0.2) is 0 Å². The molecular formula is C20H20N4O2S. The number of anilines is 1. The van der Waals surface area contributed by atoms with Crippen molar-refractivity contribution in [2.75, 3.05) is 11.9 Å². The molecule has 1 atom stereocenters. The molecule has 2 amide bonds. The first-order chi connectivity index (χ1) is 13.1. The van der Waals surface area contributed by atoms with E-state index in [1.807, 2.05) is 37.3 Å². The minimum absolute atomic E-state index is 0.0316. The van der Waals surface area contributed by atoms with Crippen molar-refractivity contribution < 1.29 is 9.59 Å². The van der Waals surface area contributed by atoms with Crippen molar-refractivity contribution in [3.63, 3.8) is 0 Å². The third-order valence-corrected chi connectivity index (χ3v) is 5.66. The van der Waals surface area contributed by atoms with Gasteiger partial charge in [-0.25, -0.2) is 4.98 Å². The Morgan fingerprint density at radius 1 is 1.26 bits per heavy atom. The van der Waals surface area contributed by atoms with Gasteiger partial charge >= 0.3 is 0 Å². The minimum atomic E-state index is -0.139. The topological polar surface area (TPSA) is 86.9 Å². The second-order valence-corrected chi connectivity index (χ2v) is 7.90. The van der Waals surface area contributed by atoms with Crippen molar-refractivity contribution in [2.24, 2.45) is 0 Å². The zero-order chi connectivity index (χ0) is 18.8. The Morgan fingerprint density at radius 2 is 2.11 bits per heavy atom. The van der Waals surface area contributed by atoms with E-state index in [4.69, 9.17) is 0 Å². The molecule has 1 aliphatic heterocycles. The highest BCUT2D eigenvalue weighted by atomic mass is 32.2. The first-order valence-electron chi connectivity index (χ1n) is 8.93. The summed E-state index contributed by atoms with van der Waals surface area (Å²) in [4.78, 5) is 33.0. The number of imidazole rings is 1. The summed E-state index contributed by atoms with van der Waals surface area (Å²) in [7, 11) is 0. The summed E-state index contributed by atoms with van der Waals surface area (Å²) in [5.41, 5.74) is 3.24. The fourth-order valence-corrected chi connectivity index (χ4v) is 3.96. The molecule has 0 fully saturated rings. The number of rotatable bonds is 5. The Labute approximate surface area is 161 Å². The largest absolute Gasteiger partial charge is 0.352 e. The number of nitrogens with one attached hydrogen (secondary N) is 3. The summed E-state index contributed by atoms with van der Waals surface area (Å²) in [6.45, 7) is 2.43. The van der Waals surface area contributed by atoms with Crippen LogP contribution in [-0.2, 0) is 11.2 Å². The third kappa shape index (κ3) is 3.83. The Hall–Kier alpha value is -2.80. The number of carbonyl (C=O) groups is 2. The van der Waals surface area contributed by atoms with E-state index in [1.165, 1.54) is 11.8 Å². The van der Waals surface area contributed by atoms with Crippen molar-refractivity contribution in [1.29, 1.82) is 0 Å². The van der Waals surface area contributed by atoms with Gasteiger partial charge in [-0.3, -0.25) is 9.59 Å². The molecule has 0 saturated carbocycles. The normalized spacial score (nSPS) is 16.0. The number of carbonyl (C=O) groups excluding carboxylic acids is 2. The molecule has 2 aromatic carbocycles. The van der Waals surface area contributed by atoms with Crippen LogP contribution in [0.1, 0.15) is 29.5 Å². The summed E-state index contributed by atoms with van der Waals surface area (Å²) < 4.78 is 0. The van der Waals surface area contributed by atoms with E-state index in [0.717, 1.165) is 34.6 Å². The van der Waals surface area contributed by atoms with Crippen molar-refractivity contribution in [1.82, 2.24) is 15.3 Å². The summed E-state index contributed by atoms with van der Waals surface area (Å²) in [5, 5.41) is 5.67. The van der Waals surface area contributed by atoms with E-state index in [0.29, 0.717) is 17.8 Å². The van der Waals surface area contributed by atoms with Crippen molar-refractivity contribution in [3.8, 4) is 0 Å². The summed E-state index contributed by atoms with van der Waals surface area (Å²) in [6.07, 6.45) is 1.56. The van der Waals surface area contributed by atoms with E-state index < -0.39 is 0 Å². The number of aryl methyl sites for hydroxylation is 1. The predicted molar refractivity (Wildman–Crippen MR) is 107 cm³/mol. The maximum Gasteiger partial charge on any atom is 0.251 e. The molecule has 3 aromatic rings. The van der Waals surface area contributed by atoms with Gasteiger partial charge in [-0.2, -0.15) is 0 Å². The standard InChI is InChI=1S/C20H20N4O2S/c1-12-19(25)24-16-11-13(8-9-17(16)27-12)20(26)21-10-4-7-18-22-14-5-2-3-6-15(14)23-18/h2-3,5-6,8-9,11-12H,4,7,10H2,1H3,(H,21,26)(H,22,23)(H,24,25). The molecule has 1 unspecified atom stereocenters. The number of fused-ring (bicyclic) bond motifs is 2. The van der Waals surface area contributed by atoms with Gasteiger partial charge in [0.25, 0.3) is 5.91 Å². The Bertz CT molecular complexity index is 981. The highest BCUT2D eigenvalue weighted by Crippen LogP contribution is 2.35. The maximum atomic E-state index is 12.4. The molecule has 0 spiro atoms. The van der Waals surface area contributed by atoms with Gasteiger partial charge in [0.05, 0.1) is 22.0 Å². The number of aromatic amines is 1. The number of amides is 2. The van der Waals surface area contributed by atoms with Crippen LogP contribution in [0.5, 0.6) is 0 Å². The van der Waals surface area contributed by atoms with Crippen LogP contribution < -0.4 is 10.6 Å². The van der Waals surface area contributed by atoms with Gasteiger partial charge in [-0.1, -0.05) is 12.1 Å². The van der Waals surface area contributed by atoms with Crippen molar-refractivity contribution in [3.05, 3.63) is 53.9 Å². The van der Waals surface area contributed by atoms with Crippen molar-refractivity contribution in [2.45, 2.75) is 29.9 Å². The quantitative estimate of drug-likeness (QED) is 0.593. The second kappa shape index (κ2) is 7.44. The van der Waals surface area contributed by atoms with Gasteiger partial charge in [-0.15, -0.1) is 11.8 Å². The van der Waals surface area contributed by atoms with Crippen LogP contribution in [0.4, 0.5) is 5.69 Å². The molecule has 7 heteroatoms. The summed E-state index contributed by atoms with van der Waals surface area (Å²) in [5.74, 6) is 0.754. The monoisotopic (exact) mass is 380 g/mol. The first kappa shape index (κ1) is 17.6. The van der Waals surface area contributed by atoms with Crippen molar-refractivity contribution >= 4 is 40.3 Å². The highest BCUT2D eigenvalue weighted by Gasteiger charge is 2.23. The van der Waals surface area contributed by atoms with Gasteiger partial charge in [0, 0.05) is 23.4 Å². The number of hydrogen-bond acceptors (Lipinski definition) is 4. The van der Waals surface area contributed by atoms with Gasteiger partial charge < -0.3 is 15.6 Å². The summed E-state index contributed by atoms with van der Waals surface area (Å²) in [6, 6.07) is 13.3. The lowest BCUT2D eigenvalue weighted by molar-refractivity contribution is -0.115. The average molecular weight is 380 g/mol. The average Bonchev–Trinajstić information content (AvgIpc) is 3.08. The van der Waals surface area contributed by atoms with Gasteiger partial charge in [0.1, 0.15) is 5.82 Å². The molecule has 1 aromatic heterocycles. The number of hydrogen-bond donors (Lipinski definition) is 3. The first-order valence-corrected chi connectivity index (χ1v) is 9.81. The number of H-pyrrole nitrogens is 1. The van der Waals surface area contributed by atoms with E-state index >= 15 is 0 Å². The minimum Gasteiger partial charge on any atom is -0.352 e. The second-order valence-electron chi connectivity index (χ2n) is 6.52. The molecule has 2 heterocycles. The van der Waals surface area contributed by atoms with Crippen LogP contribution in [0.2, 0.25) is 0 Å². The number of para-hydroxylation sites is 2. The molecule has 4 rings (SSSR count). The lowest BCUT2D eigenvalue weighted by Gasteiger charge is -2.21. The van der Waals surface area contributed by atoms with Crippen LogP contribution in [0.3, 0.4) is 0 Å². The molecule has 0 saturated heterocycles. The van der Waals surface area contributed by atoms with E-state index in [-0.39, 0.29) is 17.1 Å². The molecule has 6 nitrogen and oxygen atoms in total. The number of nitrogens with zero attached hydrogens (tertiary/aromatic N) is 1. The molecule has 27 heavy (non-hydrogen) atoms. The lowest BCUT2D eigenvalue weighted by atomic mass is 10.1. The van der Waals surface area contributed by atoms with E-state index in [1.54, 1.807) is 12.1 Å². The number of thioether (sulfide) groups is 1. The third-order valence-electron chi connectivity index (χ3n) is 4.49. The molecule has 0 radical (unpaired) electrons. The molecule has 0 aliphatic carbocycles. The fraction of sp³-hybridized carbons (Fsp3) is 0.250. The lowest BCUT2D eigenvalue weighted by Crippen LogP contribution is -2.28. The number of benzene rings is 2. The summed E-state index contributed by atoms with van der Waals surface area (Å²) >= 11 is 1.51. The maximum absolute atomic E-state index is 12.4. The molecular weight excluding hydrogens is 360 g/mol. The predicted octanol–water partition coefficient (Wildman–Crippen LogP) is 3.36. The Balaban J connectivity index is 1.32. The van der Waals surface area contributed by atoms with Gasteiger partial charge in [-0.05, 0) is 43.7 Å². The van der Waals surface area contributed by atoms with Crippen LogP contribution in [0.15, 0.2) is 47.4 Å². The smallest absolute Gasteiger partial charge is 0.251 e. The van der Waals surface area contributed by atoms with E-state index in [9.17, 15) is 9.59 Å². The molecule has 138 valence electrons. The molecule has 3 N–H and O–H groups in total. The van der Waals surface area contributed by atoms with Crippen LogP contribution in [0, 0.1) is 0 Å². The Kier molecular flexibility index (Phi) is 4.85. The Morgan fingerprint density at radius 3 is 2.96 bits per heavy atom. The molecule has 1 aliphatic rings. The number of aromatic nitrogens is 2.